The van der Waals surface area contributed by atoms with Crippen LogP contribution in [-0.4, -0.2) is 37.5 Å². The van der Waals surface area contributed by atoms with Gasteiger partial charge in [-0.25, -0.2) is 0 Å². The summed E-state index contributed by atoms with van der Waals surface area (Å²) in [6.07, 6.45) is 4.65. The van der Waals surface area contributed by atoms with Crippen molar-refractivity contribution in [1.82, 2.24) is 5.32 Å². The third kappa shape index (κ3) is 6.01. The van der Waals surface area contributed by atoms with E-state index in [9.17, 15) is 9.59 Å². The van der Waals surface area contributed by atoms with Gasteiger partial charge in [-0.15, -0.1) is 0 Å². The molecule has 1 fully saturated rings. The Hall–Kier alpha value is -1.59. The lowest BCUT2D eigenvalue weighted by molar-refractivity contribution is -0.885. The van der Waals surface area contributed by atoms with Crippen LogP contribution in [0.25, 0.3) is 0 Å². The fourth-order valence-corrected chi connectivity index (χ4v) is 3.33. The summed E-state index contributed by atoms with van der Waals surface area (Å²) in [7, 11) is 1.87. The van der Waals surface area contributed by atoms with E-state index >= 15 is 0 Å². The first-order chi connectivity index (χ1) is 11.9. The highest BCUT2D eigenvalue weighted by Gasteiger charge is 2.29. The second-order valence-electron chi connectivity index (χ2n) is 7.18. The Morgan fingerprint density at radius 2 is 1.88 bits per heavy atom. The topological polar surface area (TPSA) is 62.6 Å². The SMILES string of the molecule is C[C@@H]1CCCC[C@@H]1NC(=O)[C@@H](C)[NH+](C)CC(=O)Nc1ccc(Cl)cc1. The van der Waals surface area contributed by atoms with E-state index in [1.54, 1.807) is 24.3 Å². The lowest BCUT2D eigenvalue weighted by Gasteiger charge is -2.31. The molecule has 6 heteroatoms. The molecule has 3 N–H and O–H groups in total. The molecule has 2 rings (SSSR count). The number of hydrogen-bond donors (Lipinski definition) is 3. The Kier molecular flexibility index (Phi) is 7.26. The Morgan fingerprint density at radius 3 is 2.52 bits per heavy atom. The monoisotopic (exact) mass is 366 g/mol. The van der Waals surface area contributed by atoms with Crippen LogP contribution in [0.1, 0.15) is 39.5 Å². The average molecular weight is 367 g/mol. The Labute approximate surface area is 155 Å². The van der Waals surface area contributed by atoms with Gasteiger partial charge in [0.05, 0.1) is 7.05 Å². The average Bonchev–Trinajstić information content (AvgIpc) is 2.58. The maximum absolute atomic E-state index is 12.5. The second kappa shape index (κ2) is 9.20. The molecule has 1 saturated carbocycles. The van der Waals surface area contributed by atoms with Gasteiger partial charge in [0.1, 0.15) is 0 Å². The predicted molar refractivity (Wildman–Crippen MR) is 101 cm³/mol. The Bertz CT molecular complexity index is 591. The highest BCUT2D eigenvalue weighted by molar-refractivity contribution is 6.30. The van der Waals surface area contributed by atoms with Gasteiger partial charge < -0.3 is 15.5 Å². The lowest BCUT2D eigenvalue weighted by Crippen LogP contribution is -3.15. The van der Waals surface area contributed by atoms with Crippen molar-refractivity contribution < 1.29 is 14.5 Å². The molecule has 2 amide bonds. The Balaban J connectivity index is 1.81. The highest BCUT2D eigenvalue weighted by atomic mass is 35.5. The molecule has 0 saturated heterocycles. The molecule has 1 aliphatic carbocycles. The van der Waals surface area contributed by atoms with Gasteiger partial charge in [0.15, 0.2) is 12.6 Å². The van der Waals surface area contributed by atoms with Crippen LogP contribution >= 0.6 is 11.6 Å². The number of hydrogen-bond acceptors (Lipinski definition) is 2. The van der Waals surface area contributed by atoms with Crippen LogP contribution in [-0.2, 0) is 9.59 Å². The number of quaternary nitrogens is 1. The molecular weight excluding hydrogens is 338 g/mol. The van der Waals surface area contributed by atoms with Crippen LogP contribution in [0.15, 0.2) is 24.3 Å². The van der Waals surface area contributed by atoms with Crippen LogP contribution in [0.4, 0.5) is 5.69 Å². The zero-order valence-electron chi connectivity index (χ0n) is 15.3. The summed E-state index contributed by atoms with van der Waals surface area (Å²) in [6.45, 7) is 4.30. The molecule has 0 aromatic heterocycles. The first-order valence-electron chi connectivity index (χ1n) is 9.05. The predicted octanol–water partition coefficient (Wildman–Crippen LogP) is 1.88. The number of halogens is 1. The molecule has 0 bridgehead atoms. The van der Waals surface area contributed by atoms with Gasteiger partial charge in [-0.05, 0) is 49.9 Å². The van der Waals surface area contributed by atoms with Gasteiger partial charge in [0.25, 0.3) is 11.8 Å². The summed E-state index contributed by atoms with van der Waals surface area (Å²) in [5.74, 6) is 0.430. The van der Waals surface area contributed by atoms with Crippen molar-refractivity contribution in [1.29, 1.82) is 0 Å². The van der Waals surface area contributed by atoms with Crippen molar-refractivity contribution in [2.45, 2.75) is 51.6 Å². The first-order valence-corrected chi connectivity index (χ1v) is 9.42. The summed E-state index contributed by atoms with van der Waals surface area (Å²) in [5, 5.41) is 6.63. The van der Waals surface area contributed by atoms with E-state index in [0.717, 1.165) is 11.3 Å². The zero-order valence-corrected chi connectivity index (χ0v) is 16.0. The molecule has 25 heavy (non-hydrogen) atoms. The highest BCUT2D eigenvalue weighted by Crippen LogP contribution is 2.23. The van der Waals surface area contributed by atoms with E-state index in [2.05, 4.69) is 17.6 Å². The molecule has 0 heterocycles. The Morgan fingerprint density at radius 1 is 1.24 bits per heavy atom. The number of nitrogens with one attached hydrogen (secondary N) is 3. The van der Waals surface area contributed by atoms with Crippen LogP contribution in [0, 0.1) is 5.92 Å². The van der Waals surface area contributed by atoms with Crippen molar-refractivity contribution >= 4 is 29.1 Å². The molecule has 0 aliphatic heterocycles. The number of anilines is 1. The van der Waals surface area contributed by atoms with Gasteiger partial charge in [0, 0.05) is 16.8 Å². The quantitative estimate of drug-likeness (QED) is 0.719. The van der Waals surface area contributed by atoms with Crippen LogP contribution in [0.3, 0.4) is 0 Å². The van der Waals surface area contributed by atoms with Gasteiger partial charge in [-0.2, -0.15) is 0 Å². The van der Waals surface area contributed by atoms with E-state index in [-0.39, 0.29) is 30.4 Å². The maximum atomic E-state index is 12.5. The summed E-state index contributed by atoms with van der Waals surface area (Å²) in [4.78, 5) is 25.5. The van der Waals surface area contributed by atoms with E-state index in [1.165, 1.54) is 19.3 Å². The molecular formula is C19H29ClN3O2+. The summed E-state index contributed by atoms with van der Waals surface area (Å²) < 4.78 is 0. The van der Waals surface area contributed by atoms with Crippen LogP contribution < -0.4 is 15.5 Å². The minimum Gasteiger partial charge on any atom is -0.348 e. The molecule has 0 radical (unpaired) electrons. The fraction of sp³-hybridized carbons (Fsp3) is 0.579. The molecule has 1 aliphatic rings. The molecule has 1 aromatic rings. The van der Waals surface area contributed by atoms with E-state index in [4.69, 9.17) is 11.6 Å². The molecule has 1 unspecified atom stereocenters. The van der Waals surface area contributed by atoms with Gasteiger partial charge >= 0.3 is 0 Å². The second-order valence-corrected chi connectivity index (χ2v) is 7.61. The van der Waals surface area contributed by atoms with E-state index < -0.39 is 0 Å². The van der Waals surface area contributed by atoms with Crippen LogP contribution in [0.5, 0.6) is 0 Å². The number of amides is 2. The van der Waals surface area contributed by atoms with Gasteiger partial charge in [0.2, 0.25) is 0 Å². The minimum absolute atomic E-state index is 0.0237. The van der Waals surface area contributed by atoms with Gasteiger partial charge in [-0.3, -0.25) is 9.59 Å². The zero-order chi connectivity index (χ0) is 18.4. The molecule has 138 valence electrons. The first kappa shape index (κ1) is 19.7. The number of rotatable bonds is 6. The lowest BCUT2D eigenvalue weighted by atomic mass is 9.86. The molecule has 4 atom stereocenters. The third-order valence-corrected chi connectivity index (χ3v) is 5.39. The summed E-state index contributed by atoms with van der Waals surface area (Å²) >= 11 is 5.84. The number of carbonyl (C=O) groups excluding carboxylic acids is 2. The number of benzene rings is 1. The van der Waals surface area contributed by atoms with E-state index in [0.29, 0.717) is 16.6 Å². The largest absolute Gasteiger partial charge is 0.348 e. The van der Waals surface area contributed by atoms with Crippen molar-refractivity contribution in [2.75, 3.05) is 18.9 Å². The molecule has 0 spiro atoms. The molecule has 1 aromatic carbocycles. The van der Waals surface area contributed by atoms with Gasteiger partial charge in [-0.1, -0.05) is 31.4 Å². The van der Waals surface area contributed by atoms with Crippen molar-refractivity contribution in [2.24, 2.45) is 5.92 Å². The number of carbonyl (C=O) groups is 2. The normalized spacial score (nSPS) is 22.7. The van der Waals surface area contributed by atoms with Crippen LogP contribution in [0.2, 0.25) is 5.02 Å². The van der Waals surface area contributed by atoms with Crippen molar-refractivity contribution in [3.8, 4) is 0 Å². The smallest absolute Gasteiger partial charge is 0.279 e. The minimum atomic E-state index is -0.273. The number of likely N-dealkylation sites (N-methyl/N-ethyl adjacent to an activating group) is 1. The third-order valence-electron chi connectivity index (χ3n) is 5.14. The van der Waals surface area contributed by atoms with Crippen molar-refractivity contribution in [3.63, 3.8) is 0 Å². The summed E-state index contributed by atoms with van der Waals surface area (Å²) in [6, 6.07) is 6.97. The summed E-state index contributed by atoms with van der Waals surface area (Å²) in [5.41, 5.74) is 0.704. The standard InChI is InChI=1S/C19H28ClN3O2/c1-13-6-4-5-7-17(13)22-19(25)14(2)23(3)12-18(24)21-16-10-8-15(20)9-11-16/h8-11,13-14,17H,4-7,12H2,1-3H3,(H,21,24)(H,22,25)/p+1/t13-,14-,17+/m1/s1. The maximum Gasteiger partial charge on any atom is 0.279 e. The molecule has 5 nitrogen and oxygen atoms in total. The van der Waals surface area contributed by atoms with Crippen molar-refractivity contribution in [3.05, 3.63) is 29.3 Å². The fourth-order valence-electron chi connectivity index (χ4n) is 3.21. The van der Waals surface area contributed by atoms with E-state index in [1.807, 2.05) is 14.0 Å².